The molecule has 1 atom stereocenters. The zero-order valence-corrected chi connectivity index (χ0v) is 17.4. The molecule has 1 heterocycles. The topological polar surface area (TPSA) is 80.6 Å². The van der Waals surface area contributed by atoms with Gasteiger partial charge in [-0.15, -0.1) is 0 Å². The number of aromatic nitrogens is 1. The van der Waals surface area contributed by atoms with E-state index in [9.17, 15) is 19.1 Å². The van der Waals surface area contributed by atoms with E-state index in [1.165, 1.54) is 12.1 Å². The van der Waals surface area contributed by atoms with Crippen molar-refractivity contribution in [3.63, 3.8) is 0 Å². The van der Waals surface area contributed by atoms with Crippen molar-refractivity contribution in [3.8, 4) is 5.75 Å². The van der Waals surface area contributed by atoms with Crippen LogP contribution in [0, 0.1) is 5.82 Å². The van der Waals surface area contributed by atoms with Gasteiger partial charge in [-0.25, -0.2) is 4.39 Å². The van der Waals surface area contributed by atoms with Crippen molar-refractivity contribution in [1.82, 2.24) is 9.88 Å². The molecule has 4 rings (SSSR count). The molecule has 7 heteroatoms. The number of fused-ring (bicyclic) bond motifs is 3. The van der Waals surface area contributed by atoms with Gasteiger partial charge in [-0.1, -0.05) is 12.1 Å². The molecule has 0 spiro atoms. The first-order valence-electron chi connectivity index (χ1n) is 10.4. The highest BCUT2D eigenvalue weighted by Crippen LogP contribution is 2.33. The Bertz CT molecular complexity index is 1140. The Morgan fingerprint density at radius 1 is 1.26 bits per heavy atom. The number of carboxylic acid groups (broad SMARTS) is 1. The summed E-state index contributed by atoms with van der Waals surface area (Å²) >= 11 is 0. The standard InChI is InChI=1S/C24H25FN2O4/c1-31-18-4-2-3-15(11-18)5-10-23(28)26-17-7-9-22-20(13-17)19-12-16(25)6-8-21(19)27(22)14-24(29)30/h2-4,6,8,11-12,17H,5,7,9-10,13-14H2,1H3,(H,26,28)(H,29,30)/t17-/m1/s1. The van der Waals surface area contributed by atoms with Crippen LogP contribution in [-0.2, 0) is 35.4 Å². The number of ether oxygens (including phenoxy) is 1. The van der Waals surface area contributed by atoms with E-state index in [2.05, 4.69) is 5.32 Å². The number of hydrogen-bond acceptors (Lipinski definition) is 3. The number of nitrogens with zero attached hydrogens (tertiary/aromatic N) is 1. The third kappa shape index (κ3) is 4.55. The number of benzene rings is 2. The Labute approximate surface area is 179 Å². The van der Waals surface area contributed by atoms with Crippen molar-refractivity contribution < 1.29 is 23.8 Å². The Hall–Kier alpha value is -3.35. The average molecular weight is 424 g/mol. The minimum Gasteiger partial charge on any atom is -0.497 e. The Morgan fingerprint density at radius 3 is 2.87 bits per heavy atom. The first kappa shape index (κ1) is 20.9. The number of rotatable bonds is 7. The van der Waals surface area contributed by atoms with Crippen LogP contribution >= 0.6 is 0 Å². The van der Waals surface area contributed by atoms with E-state index < -0.39 is 5.97 Å². The van der Waals surface area contributed by atoms with Crippen molar-refractivity contribution in [2.24, 2.45) is 0 Å². The second-order valence-corrected chi connectivity index (χ2v) is 7.93. The molecule has 162 valence electrons. The van der Waals surface area contributed by atoms with Crippen LogP contribution in [0.15, 0.2) is 42.5 Å². The molecule has 0 fully saturated rings. The van der Waals surface area contributed by atoms with Crippen LogP contribution in [0.2, 0.25) is 0 Å². The van der Waals surface area contributed by atoms with Gasteiger partial charge in [-0.3, -0.25) is 9.59 Å². The van der Waals surface area contributed by atoms with E-state index in [0.29, 0.717) is 25.7 Å². The molecule has 6 nitrogen and oxygen atoms in total. The summed E-state index contributed by atoms with van der Waals surface area (Å²) in [4.78, 5) is 23.9. The third-order valence-corrected chi connectivity index (χ3v) is 5.86. The first-order chi connectivity index (χ1) is 14.9. The number of carbonyl (C=O) groups excluding carboxylic acids is 1. The first-order valence-corrected chi connectivity index (χ1v) is 10.4. The van der Waals surface area contributed by atoms with Gasteiger partial charge in [-0.2, -0.15) is 0 Å². The van der Waals surface area contributed by atoms with Crippen LogP contribution in [0.25, 0.3) is 10.9 Å². The summed E-state index contributed by atoms with van der Waals surface area (Å²) < 4.78 is 20.9. The Morgan fingerprint density at radius 2 is 2.10 bits per heavy atom. The zero-order chi connectivity index (χ0) is 22.0. The Kier molecular flexibility index (Phi) is 5.93. The van der Waals surface area contributed by atoms with E-state index in [0.717, 1.165) is 39.9 Å². The number of methoxy groups -OCH3 is 1. The number of aryl methyl sites for hydroxylation is 1. The van der Waals surface area contributed by atoms with Crippen LogP contribution in [0.1, 0.15) is 29.7 Å². The van der Waals surface area contributed by atoms with Crippen molar-refractivity contribution in [3.05, 3.63) is 65.1 Å². The minimum atomic E-state index is -0.933. The van der Waals surface area contributed by atoms with Crippen LogP contribution in [-0.4, -0.2) is 34.7 Å². The van der Waals surface area contributed by atoms with Crippen molar-refractivity contribution in [2.75, 3.05) is 7.11 Å². The molecule has 0 aliphatic heterocycles. The van der Waals surface area contributed by atoms with Crippen molar-refractivity contribution >= 4 is 22.8 Å². The molecule has 1 amide bonds. The summed E-state index contributed by atoms with van der Waals surface area (Å²) in [7, 11) is 1.61. The van der Waals surface area contributed by atoms with Gasteiger partial charge < -0.3 is 19.7 Å². The highest BCUT2D eigenvalue weighted by molar-refractivity contribution is 5.87. The van der Waals surface area contributed by atoms with Gasteiger partial charge in [0.15, 0.2) is 0 Å². The van der Waals surface area contributed by atoms with Gasteiger partial charge in [0.05, 0.1) is 7.11 Å². The molecule has 3 aromatic rings. The second-order valence-electron chi connectivity index (χ2n) is 7.93. The molecule has 1 aliphatic carbocycles. The molecule has 2 aromatic carbocycles. The van der Waals surface area contributed by atoms with Gasteiger partial charge in [-0.05, 0) is 67.1 Å². The summed E-state index contributed by atoms with van der Waals surface area (Å²) in [5.74, 6) is -0.552. The van der Waals surface area contributed by atoms with Crippen LogP contribution in [0.5, 0.6) is 5.75 Å². The van der Waals surface area contributed by atoms with Crippen LogP contribution < -0.4 is 10.1 Å². The number of carbonyl (C=O) groups is 2. The van der Waals surface area contributed by atoms with Gasteiger partial charge >= 0.3 is 5.97 Å². The summed E-state index contributed by atoms with van der Waals surface area (Å²) in [5.41, 5.74) is 3.61. The summed E-state index contributed by atoms with van der Waals surface area (Å²) in [5, 5.41) is 13.1. The van der Waals surface area contributed by atoms with Gasteiger partial charge in [0, 0.05) is 29.1 Å². The SMILES string of the molecule is COc1cccc(CCC(=O)N[C@@H]2CCc3c(c4cc(F)ccc4n3CC(=O)O)C2)c1. The normalized spacial score (nSPS) is 15.5. The monoisotopic (exact) mass is 424 g/mol. The summed E-state index contributed by atoms with van der Waals surface area (Å²) in [6.07, 6.45) is 2.90. The fraction of sp³-hybridized carbons (Fsp3) is 0.333. The van der Waals surface area contributed by atoms with E-state index in [1.54, 1.807) is 17.7 Å². The molecular weight excluding hydrogens is 399 g/mol. The number of halogens is 1. The van der Waals surface area contributed by atoms with E-state index in [4.69, 9.17) is 4.74 Å². The maximum absolute atomic E-state index is 13.9. The third-order valence-electron chi connectivity index (χ3n) is 5.86. The molecular formula is C24H25FN2O4. The predicted octanol–water partition coefficient (Wildman–Crippen LogP) is 3.48. The van der Waals surface area contributed by atoms with Crippen molar-refractivity contribution in [2.45, 2.75) is 44.7 Å². The average Bonchev–Trinajstić information content (AvgIpc) is 3.04. The molecule has 0 radical (unpaired) electrons. The van der Waals surface area contributed by atoms with E-state index >= 15 is 0 Å². The predicted molar refractivity (Wildman–Crippen MR) is 115 cm³/mol. The lowest BCUT2D eigenvalue weighted by Gasteiger charge is -2.25. The summed E-state index contributed by atoms with van der Waals surface area (Å²) in [6, 6.07) is 12.0. The number of carboxylic acids is 1. The maximum atomic E-state index is 13.9. The van der Waals surface area contributed by atoms with E-state index in [-0.39, 0.29) is 24.3 Å². The van der Waals surface area contributed by atoms with Crippen molar-refractivity contribution in [1.29, 1.82) is 0 Å². The fourth-order valence-corrected chi connectivity index (χ4v) is 4.45. The fourth-order valence-electron chi connectivity index (χ4n) is 4.45. The lowest BCUT2D eigenvalue weighted by molar-refractivity contribution is -0.137. The van der Waals surface area contributed by atoms with E-state index in [1.807, 2.05) is 24.3 Å². The smallest absolute Gasteiger partial charge is 0.323 e. The lowest BCUT2D eigenvalue weighted by Crippen LogP contribution is -2.39. The molecule has 0 unspecified atom stereocenters. The number of nitrogens with one attached hydrogen (secondary N) is 1. The molecule has 0 saturated carbocycles. The zero-order valence-electron chi connectivity index (χ0n) is 17.4. The number of aliphatic carboxylic acids is 1. The molecule has 2 N–H and O–H groups in total. The van der Waals surface area contributed by atoms with Gasteiger partial charge in [0.2, 0.25) is 5.91 Å². The number of hydrogen-bond donors (Lipinski definition) is 2. The van der Waals surface area contributed by atoms with Gasteiger partial charge in [0.25, 0.3) is 0 Å². The minimum absolute atomic E-state index is 0.0308. The largest absolute Gasteiger partial charge is 0.497 e. The second kappa shape index (κ2) is 8.79. The highest BCUT2D eigenvalue weighted by Gasteiger charge is 2.27. The highest BCUT2D eigenvalue weighted by atomic mass is 19.1. The molecule has 31 heavy (non-hydrogen) atoms. The Balaban J connectivity index is 1.47. The van der Waals surface area contributed by atoms with Gasteiger partial charge in [0.1, 0.15) is 18.1 Å². The molecule has 0 bridgehead atoms. The molecule has 0 saturated heterocycles. The van der Waals surface area contributed by atoms with Crippen LogP contribution in [0.4, 0.5) is 4.39 Å². The maximum Gasteiger partial charge on any atom is 0.323 e. The molecule has 1 aromatic heterocycles. The molecule has 1 aliphatic rings. The quantitative estimate of drug-likeness (QED) is 0.609. The van der Waals surface area contributed by atoms with Crippen LogP contribution in [0.3, 0.4) is 0 Å². The lowest BCUT2D eigenvalue weighted by atomic mass is 9.91. The summed E-state index contributed by atoms with van der Waals surface area (Å²) in [6.45, 7) is -0.158. The number of amides is 1.